The summed E-state index contributed by atoms with van der Waals surface area (Å²) in [5.41, 5.74) is 2.12. The van der Waals surface area contributed by atoms with Gasteiger partial charge in [0.1, 0.15) is 0 Å². The van der Waals surface area contributed by atoms with Gasteiger partial charge in [0.25, 0.3) is 0 Å². The van der Waals surface area contributed by atoms with Gasteiger partial charge in [-0.2, -0.15) is 0 Å². The summed E-state index contributed by atoms with van der Waals surface area (Å²) in [4.78, 5) is 24.2. The Morgan fingerprint density at radius 1 is 1.09 bits per heavy atom. The minimum absolute atomic E-state index is 0.294. The summed E-state index contributed by atoms with van der Waals surface area (Å²) in [5.74, 6) is -0.915. The SMILES string of the molecule is O=C(O)c1cccnc1CN1CCCN(c2ccncc2)CC1. The van der Waals surface area contributed by atoms with Crippen LogP contribution < -0.4 is 4.90 Å². The van der Waals surface area contributed by atoms with Gasteiger partial charge in [-0.1, -0.05) is 0 Å². The van der Waals surface area contributed by atoms with Gasteiger partial charge in [-0.25, -0.2) is 4.79 Å². The minimum atomic E-state index is -0.915. The smallest absolute Gasteiger partial charge is 0.337 e. The molecule has 1 saturated heterocycles. The predicted molar refractivity (Wildman–Crippen MR) is 87.5 cm³/mol. The van der Waals surface area contributed by atoms with Crippen LogP contribution in [0.5, 0.6) is 0 Å². The number of nitrogens with zero attached hydrogens (tertiary/aromatic N) is 4. The molecule has 23 heavy (non-hydrogen) atoms. The molecule has 2 aromatic heterocycles. The lowest BCUT2D eigenvalue weighted by Gasteiger charge is -2.23. The maximum atomic E-state index is 11.3. The Hall–Kier alpha value is -2.47. The van der Waals surface area contributed by atoms with Crippen LogP contribution in [0.2, 0.25) is 0 Å². The molecule has 2 aromatic rings. The fraction of sp³-hybridized carbons (Fsp3) is 0.353. The first-order chi connectivity index (χ1) is 11.2. The van der Waals surface area contributed by atoms with Crippen LogP contribution >= 0.6 is 0 Å². The van der Waals surface area contributed by atoms with Crippen LogP contribution in [0.4, 0.5) is 5.69 Å². The number of rotatable bonds is 4. The van der Waals surface area contributed by atoms with E-state index in [0.717, 1.165) is 32.6 Å². The van der Waals surface area contributed by atoms with E-state index in [4.69, 9.17) is 0 Å². The van der Waals surface area contributed by atoms with Gasteiger partial charge in [-0.15, -0.1) is 0 Å². The van der Waals surface area contributed by atoms with Crippen LogP contribution in [0, 0.1) is 0 Å². The second-order valence-electron chi connectivity index (χ2n) is 5.62. The maximum Gasteiger partial charge on any atom is 0.337 e. The Bertz CT molecular complexity index is 663. The molecule has 0 amide bonds. The average Bonchev–Trinajstić information content (AvgIpc) is 2.82. The van der Waals surface area contributed by atoms with Crippen LogP contribution in [0.25, 0.3) is 0 Å². The molecule has 0 bridgehead atoms. The maximum absolute atomic E-state index is 11.3. The third-order valence-electron chi connectivity index (χ3n) is 4.11. The molecular formula is C17H20N4O2. The van der Waals surface area contributed by atoms with Gasteiger partial charge in [0, 0.05) is 57.0 Å². The third kappa shape index (κ3) is 3.84. The summed E-state index contributed by atoms with van der Waals surface area (Å²) in [6, 6.07) is 7.33. The second-order valence-corrected chi connectivity index (χ2v) is 5.62. The lowest BCUT2D eigenvalue weighted by atomic mass is 10.2. The highest BCUT2D eigenvalue weighted by Crippen LogP contribution is 2.16. The fourth-order valence-corrected chi connectivity index (χ4v) is 2.91. The summed E-state index contributed by atoms with van der Waals surface area (Å²) in [6.45, 7) is 4.32. The van der Waals surface area contributed by atoms with E-state index in [9.17, 15) is 9.90 Å². The number of carbonyl (C=O) groups is 1. The van der Waals surface area contributed by atoms with Crippen LogP contribution in [0.15, 0.2) is 42.9 Å². The van der Waals surface area contributed by atoms with Gasteiger partial charge in [-0.3, -0.25) is 14.9 Å². The molecule has 3 heterocycles. The largest absolute Gasteiger partial charge is 0.478 e. The van der Waals surface area contributed by atoms with Crippen LogP contribution in [0.3, 0.4) is 0 Å². The molecule has 0 aliphatic carbocycles. The lowest BCUT2D eigenvalue weighted by molar-refractivity contribution is 0.0693. The highest BCUT2D eigenvalue weighted by Gasteiger charge is 2.18. The van der Waals surface area contributed by atoms with Crippen molar-refractivity contribution in [2.45, 2.75) is 13.0 Å². The Balaban J connectivity index is 1.66. The number of anilines is 1. The molecule has 1 aliphatic heterocycles. The van der Waals surface area contributed by atoms with Gasteiger partial charge >= 0.3 is 5.97 Å². The topological polar surface area (TPSA) is 69.6 Å². The molecule has 0 unspecified atom stereocenters. The van der Waals surface area contributed by atoms with E-state index in [2.05, 4.69) is 19.8 Å². The van der Waals surface area contributed by atoms with Crippen LogP contribution in [-0.4, -0.2) is 52.1 Å². The summed E-state index contributed by atoms with van der Waals surface area (Å²) >= 11 is 0. The number of carboxylic acids is 1. The van der Waals surface area contributed by atoms with E-state index >= 15 is 0 Å². The van der Waals surface area contributed by atoms with Gasteiger partial charge in [0.2, 0.25) is 0 Å². The van der Waals surface area contributed by atoms with E-state index in [1.165, 1.54) is 5.69 Å². The van der Waals surface area contributed by atoms with E-state index in [1.54, 1.807) is 18.3 Å². The van der Waals surface area contributed by atoms with E-state index < -0.39 is 5.97 Å². The number of hydrogen-bond acceptors (Lipinski definition) is 5. The number of aromatic carboxylic acids is 1. The van der Waals surface area contributed by atoms with E-state index in [-0.39, 0.29) is 0 Å². The molecular weight excluding hydrogens is 292 g/mol. The van der Waals surface area contributed by atoms with Crippen molar-refractivity contribution in [1.82, 2.24) is 14.9 Å². The number of hydrogen-bond donors (Lipinski definition) is 1. The Morgan fingerprint density at radius 2 is 1.91 bits per heavy atom. The number of pyridine rings is 2. The van der Waals surface area contributed by atoms with Gasteiger partial charge in [0.15, 0.2) is 0 Å². The monoisotopic (exact) mass is 312 g/mol. The van der Waals surface area contributed by atoms with Crippen molar-refractivity contribution >= 4 is 11.7 Å². The average molecular weight is 312 g/mol. The Kier molecular flexibility index (Phi) is 4.83. The van der Waals surface area contributed by atoms with Crippen LogP contribution in [-0.2, 0) is 6.54 Å². The van der Waals surface area contributed by atoms with E-state index in [1.807, 2.05) is 24.5 Å². The van der Waals surface area contributed by atoms with Crippen LogP contribution in [0.1, 0.15) is 22.5 Å². The zero-order chi connectivity index (χ0) is 16.1. The highest BCUT2D eigenvalue weighted by molar-refractivity contribution is 5.88. The highest BCUT2D eigenvalue weighted by atomic mass is 16.4. The molecule has 0 aromatic carbocycles. The van der Waals surface area contributed by atoms with Gasteiger partial charge < -0.3 is 10.0 Å². The quantitative estimate of drug-likeness (QED) is 0.930. The summed E-state index contributed by atoms with van der Waals surface area (Å²) < 4.78 is 0. The molecule has 0 spiro atoms. The van der Waals surface area contributed by atoms with Crippen molar-refractivity contribution in [3.05, 3.63) is 54.1 Å². The minimum Gasteiger partial charge on any atom is -0.478 e. The zero-order valence-corrected chi connectivity index (χ0v) is 12.9. The molecule has 0 atom stereocenters. The van der Waals surface area contributed by atoms with E-state index in [0.29, 0.717) is 17.8 Å². The molecule has 1 fully saturated rings. The van der Waals surface area contributed by atoms with Crippen molar-refractivity contribution in [1.29, 1.82) is 0 Å². The summed E-state index contributed by atoms with van der Waals surface area (Å²) in [6.07, 6.45) is 6.32. The standard InChI is InChI=1S/C17H20N4O2/c22-17(23)15-3-1-6-19-16(15)13-20-9-2-10-21(12-11-20)14-4-7-18-8-5-14/h1,3-8H,2,9-13H2,(H,22,23). The van der Waals surface area contributed by atoms with Crippen molar-refractivity contribution in [2.75, 3.05) is 31.1 Å². The first-order valence-corrected chi connectivity index (χ1v) is 7.78. The predicted octanol–water partition coefficient (Wildman–Crippen LogP) is 1.89. The Labute approximate surface area is 135 Å². The van der Waals surface area contributed by atoms with Crippen molar-refractivity contribution in [3.63, 3.8) is 0 Å². The second kappa shape index (κ2) is 7.19. The normalized spacial score (nSPS) is 16.1. The molecule has 1 N–H and O–H groups in total. The lowest BCUT2D eigenvalue weighted by Crippen LogP contribution is -2.31. The Morgan fingerprint density at radius 3 is 2.70 bits per heavy atom. The van der Waals surface area contributed by atoms with Crippen molar-refractivity contribution < 1.29 is 9.90 Å². The number of aromatic nitrogens is 2. The molecule has 3 rings (SSSR count). The van der Waals surface area contributed by atoms with Gasteiger partial charge in [0.05, 0.1) is 11.3 Å². The fourth-order valence-electron chi connectivity index (χ4n) is 2.91. The molecule has 0 radical (unpaired) electrons. The zero-order valence-electron chi connectivity index (χ0n) is 12.9. The molecule has 0 saturated carbocycles. The summed E-state index contributed by atoms with van der Waals surface area (Å²) in [5, 5.41) is 9.27. The third-order valence-corrected chi connectivity index (χ3v) is 4.11. The molecule has 1 aliphatic rings. The van der Waals surface area contributed by atoms with Gasteiger partial charge in [-0.05, 0) is 30.7 Å². The molecule has 6 nitrogen and oxygen atoms in total. The number of carboxylic acid groups (broad SMARTS) is 1. The van der Waals surface area contributed by atoms with Crippen molar-refractivity contribution in [3.8, 4) is 0 Å². The first kappa shape index (κ1) is 15.4. The van der Waals surface area contributed by atoms with Crippen molar-refractivity contribution in [2.24, 2.45) is 0 Å². The first-order valence-electron chi connectivity index (χ1n) is 7.78. The molecule has 6 heteroatoms. The molecule has 120 valence electrons. The summed E-state index contributed by atoms with van der Waals surface area (Å²) in [7, 11) is 0.